The Balaban J connectivity index is 1.38. The summed E-state index contributed by atoms with van der Waals surface area (Å²) in [7, 11) is 0. The number of hydrogen-bond donors (Lipinski definition) is 4. The van der Waals surface area contributed by atoms with Crippen molar-refractivity contribution in [1.82, 2.24) is 5.32 Å². The second kappa shape index (κ2) is 13.8. The number of primary amides is 1. The highest BCUT2D eigenvalue weighted by molar-refractivity contribution is 8.00. The van der Waals surface area contributed by atoms with E-state index in [-0.39, 0.29) is 17.4 Å². The zero-order valence-corrected chi connectivity index (χ0v) is 23.0. The molecule has 4 rings (SSSR count). The molecule has 0 heterocycles. The molecule has 0 saturated carbocycles. The normalized spacial score (nSPS) is 10.9. The van der Waals surface area contributed by atoms with Gasteiger partial charge < -0.3 is 21.7 Å². The Morgan fingerprint density at radius 1 is 0.756 bits per heavy atom. The van der Waals surface area contributed by atoms with Crippen molar-refractivity contribution in [1.29, 1.82) is 0 Å². The molecule has 0 saturated heterocycles. The third kappa shape index (κ3) is 8.67. The van der Waals surface area contributed by atoms with Crippen LogP contribution in [0, 0.1) is 6.92 Å². The molecule has 0 fully saturated rings. The third-order valence-electron chi connectivity index (χ3n) is 5.82. The lowest BCUT2D eigenvalue weighted by molar-refractivity contribution is -0.114. The lowest BCUT2D eigenvalue weighted by atomic mass is 10.1. The van der Waals surface area contributed by atoms with E-state index in [2.05, 4.69) is 16.0 Å². The molecule has 0 aliphatic rings. The fourth-order valence-electron chi connectivity index (χ4n) is 3.77. The van der Waals surface area contributed by atoms with Gasteiger partial charge in [-0.3, -0.25) is 19.2 Å². The molecule has 4 aromatic carbocycles. The van der Waals surface area contributed by atoms with Crippen LogP contribution < -0.4 is 21.7 Å². The summed E-state index contributed by atoms with van der Waals surface area (Å²) in [5.41, 5.74) is 9.02. The fraction of sp³-hybridized carbons (Fsp3) is 0.0625. The van der Waals surface area contributed by atoms with Crippen molar-refractivity contribution in [2.75, 3.05) is 16.4 Å². The van der Waals surface area contributed by atoms with Gasteiger partial charge in [0.15, 0.2) is 0 Å². The summed E-state index contributed by atoms with van der Waals surface area (Å²) < 4.78 is 0. The number of anilines is 2. The van der Waals surface area contributed by atoms with E-state index in [9.17, 15) is 19.2 Å². The van der Waals surface area contributed by atoms with Gasteiger partial charge in [-0.05, 0) is 79.2 Å². The highest BCUT2D eigenvalue weighted by Gasteiger charge is 2.15. The van der Waals surface area contributed by atoms with Crippen molar-refractivity contribution >= 4 is 52.8 Å². The first-order valence-corrected chi connectivity index (χ1v) is 13.6. The lowest BCUT2D eigenvalue weighted by Crippen LogP contribution is -2.30. The Morgan fingerprint density at radius 3 is 2.07 bits per heavy atom. The molecule has 0 bridgehead atoms. The summed E-state index contributed by atoms with van der Waals surface area (Å²) in [6, 6.07) is 29.6. The number of carbonyl (C=O) groups excluding carboxylic acids is 4. The van der Waals surface area contributed by atoms with Crippen molar-refractivity contribution in [2.24, 2.45) is 5.73 Å². The van der Waals surface area contributed by atoms with Gasteiger partial charge in [0.25, 0.3) is 11.8 Å². The molecular formula is C32H28N4O4S. The molecule has 0 aromatic heterocycles. The van der Waals surface area contributed by atoms with Gasteiger partial charge in [-0.1, -0.05) is 48.0 Å². The molecule has 0 atom stereocenters. The van der Waals surface area contributed by atoms with E-state index in [1.165, 1.54) is 11.8 Å². The van der Waals surface area contributed by atoms with E-state index in [4.69, 9.17) is 5.73 Å². The van der Waals surface area contributed by atoms with Gasteiger partial charge in [0, 0.05) is 27.4 Å². The first-order chi connectivity index (χ1) is 19.8. The topological polar surface area (TPSA) is 130 Å². The van der Waals surface area contributed by atoms with Crippen molar-refractivity contribution in [3.05, 3.63) is 131 Å². The monoisotopic (exact) mass is 564 g/mol. The highest BCUT2D eigenvalue weighted by atomic mass is 32.2. The van der Waals surface area contributed by atoms with E-state index < -0.39 is 17.7 Å². The molecule has 41 heavy (non-hydrogen) atoms. The first-order valence-electron chi connectivity index (χ1n) is 12.7. The number of thioether (sulfide) groups is 1. The van der Waals surface area contributed by atoms with Crippen LogP contribution in [0.2, 0.25) is 0 Å². The molecule has 9 heteroatoms. The van der Waals surface area contributed by atoms with Gasteiger partial charge in [0.1, 0.15) is 5.70 Å². The maximum atomic E-state index is 13.2. The quantitative estimate of drug-likeness (QED) is 0.155. The number of carbonyl (C=O) groups is 4. The molecular weight excluding hydrogens is 536 g/mol. The van der Waals surface area contributed by atoms with Gasteiger partial charge >= 0.3 is 0 Å². The summed E-state index contributed by atoms with van der Waals surface area (Å²) in [4.78, 5) is 50.4. The SMILES string of the molecule is Cc1cccc(/C=C(\NC(=O)c2ccccc2)C(=O)Nc2ccc(SCC(=O)Nc3ccc(C(N)=O)cc3)cc2)c1. The zero-order chi connectivity index (χ0) is 29.2. The van der Waals surface area contributed by atoms with Crippen molar-refractivity contribution in [3.8, 4) is 0 Å². The number of aryl methyl sites for hydroxylation is 1. The van der Waals surface area contributed by atoms with Crippen molar-refractivity contribution < 1.29 is 19.2 Å². The Bertz CT molecular complexity index is 1580. The minimum absolute atomic E-state index is 0.100. The van der Waals surface area contributed by atoms with Crippen LogP contribution >= 0.6 is 11.8 Å². The maximum absolute atomic E-state index is 13.2. The lowest BCUT2D eigenvalue weighted by Gasteiger charge is -2.12. The smallest absolute Gasteiger partial charge is 0.272 e. The number of nitrogens with two attached hydrogens (primary N) is 1. The molecule has 0 unspecified atom stereocenters. The number of hydrogen-bond acceptors (Lipinski definition) is 5. The van der Waals surface area contributed by atoms with Crippen LogP contribution in [-0.4, -0.2) is 29.4 Å². The molecule has 0 spiro atoms. The van der Waals surface area contributed by atoms with Crippen LogP contribution in [0.1, 0.15) is 31.8 Å². The predicted octanol–water partition coefficient (Wildman–Crippen LogP) is 5.23. The van der Waals surface area contributed by atoms with Gasteiger partial charge in [0.05, 0.1) is 5.75 Å². The number of rotatable bonds is 10. The molecule has 8 nitrogen and oxygen atoms in total. The number of amides is 4. The summed E-state index contributed by atoms with van der Waals surface area (Å²) >= 11 is 1.33. The van der Waals surface area contributed by atoms with E-state index >= 15 is 0 Å². The van der Waals surface area contributed by atoms with E-state index in [0.29, 0.717) is 22.5 Å². The Hall–Kier alpha value is -5.15. The van der Waals surface area contributed by atoms with Gasteiger partial charge in [0.2, 0.25) is 11.8 Å². The van der Waals surface area contributed by atoms with Crippen LogP contribution in [0.25, 0.3) is 6.08 Å². The minimum Gasteiger partial charge on any atom is -0.366 e. The molecule has 0 radical (unpaired) electrons. The summed E-state index contributed by atoms with van der Waals surface area (Å²) in [6.45, 7) is 1.95. The average molecular weight is 565 g/mol. The maximum Gasteiger partial charge on any atom is 0.272 e. The van der Waals surface area contributed by atoms with Gasteiger partial charge in [-0.25, -0.2) is 0 Å². The van der Waals surface area contributed by atoms with Crippen LogP contribution in [-0.2, 0) is 9.59 Å². The Kier molecular flexibility index (Phi) is 9.69. The molecule has 4 aromatic rings. The largest absolute Gasteiger partial charge is 0.366 e. The molecule has 4 amide bonds. The molecule has 0 aliphatic carbocycles. The van der Waals surface area contributed by atoms with Crippen LogP contribution in [0.15, 0.2) is 114 Å². The fourth-order valence-corrected chi connectivity index (χ4v) is 4.46. The van der Waals surface area contributed by atoms with Crippen LogP contribution in [0.5, 0.6) is 0 Å². The van der Waals surface area contributed by atoms with E-state index in [1.54, 1.807) is 78.9 Å². The first kappa shape index (κ1) is 28.8. The van der Waals surface area contributed by atoms with Gasteiger partial charge in [-0.2, -0.15) is 0 Å². The van der Waals surface area contributed by atoms with Crippen LogP contribution in [0.3, 0.4) is 0 Å². The van der Waals surface area contributed by atoms with E-state index in [1.807, 2.05) is 37.3 Å². The second-order valence-corrected chi connectivity index (χ2v) is 10.1. The number of benzene rings is 4. The highest BCUT2D eigenvalue weighted by Crippen LogP contribution is 2.21. The third-order valence-corrected chi connectivity index (χ3v) is 6.83. The summed E-state index contributed by atoms with van der Waals surface area (Å²) in [5, 5.41) is 8.33. The Labute approximate surface area is 242 Å². The summed E-state index contributed by atoms with van der Waals surface area (Å²) in [6.07, 6.45) is 1.63. The molecule has 0 aliphatic heterocycles. The minimum atomic E-state index is -0.534. The van der Waals surface area contributed by atoms with Gasteiger partial charge in [-0.15, -0.1) is 11.8 Å². The standard InChI is InChI=1S/C32H28N4O4S/c1-21-6-5-7-22(18-21)19-28(36-31(39)24-8-3-2-4-9-24)32(40)35-26-14-16-27(17-15-26)41-20-29(37)34-25-12-10-23(11-13-25)30(33)38/h2-19H,20H2,1H3,(H2,33,38)(H,34,37)(H,35,40)(H,36,39)/b28-19-. The zero-order valence-electron chi connectivity index (χ0n) is 22.2. The second-order valence-electron chi connectivity index (χ2n) is 9.05. The van der Waals surface area contributed by atoms with E-state index in [0.717, 1.165) is 16.0 Å². The van der Waals surface area contributed by atoms with Crippen LogP contribution in [0.4, 0.5) is 11.4 Å². The Morgan fingerprint density at radius 2 is 1.41 bits per heavy atom. The summed E-state index contributed by atoms with van der Waals surface area (Å²) in [5.74, 6) is -1.45. The van der Waals surface area contributed by atoms with Crippen molar-refractivity contribution in [2.45, 2.75) is 11.8 Å². The molecule has 206 valence electrons. The molecule has 5 N–H and O–H groups in total. The predicted molar refractivity (Wildman–Crippen MR) is 162 cm³/mol. The number of nitrogens with one attached hydrogen (secondary N) is 3. The average Bonchev–Trinajstić information content (AvgIpc) is 2.97. The van der Waals surface area contributed by atoms with Crippen molar-refractivity contribution in [3.63, 3.8) is 0 Å².